The summed E-state index contributed by atoms with van der Waals surface area (Å²) in [4.78, 5) is 0. The average molecular weight is 177 g/mol. The number of hydrogen-bond acceptors (Lipinski definition) is 1. The lowest BCUT2D eigenvalue weighted by Gasteiger charge is -2.19. The Bertz CT molecular complexity index is 192. The Morgan fingerprint density at radius 1 is 0.846 bits per heavy atom. The first-order valence-electron chi connectivity index (χ1n) is 5.81. The van der Waals surface area contributed by atoms with Gasteiger partial charge in [0.15, 0.2) is 0 Å². The second kappa shape index (κ2) is 4.13. The fourth-order valence-electron chi connectivity index (χ4n) is 2.72. The highest BCUT2D eigenvalue weighted by Gasteiger charge is 2.36. The maximum absolute atomic E-state index is 9.13. The molecule has 0 N–H and O–H groups in total. The van der Waals surface area contributed by atoms with Crippen LogP contribution in [0, 0.1) is 29.1 Å². The molecule has 0 heterocycles. The third-order valence-electron chi connectivity index (χ3n) is 3.69. The van der Waals surface area contributed by atoms with E-state index in [-0.39, 0.29) is 0 Å². The Kier molecular flexibility index (Phi) is 2.88. The second-order valence-corrected chi connectivity index (χ2v) is 4.74. The standard InChI is InChI=1S/C12H19N/c13-9-12(11-7-8-11)10-5-3-1-2-4-6-10/h10-12H,1-8H2. The van der Waals surface area contributed by atoms with Crippen molar-refractivity contribution in [1.82, 2.24) is 0 Å². The minimum atomic E-state index is 0.415. The summed E-state index contributed by atoms with van der Waals surface area (Å²) in [5.74, 6) is 1.95. The van der Waals surface area contributed by atoms with Gasteiger partial charge in [0.2, 0.25) is 0 Å². The largest absolute Gasteiger partial charge is 0.198 e. The molecule has 1 atom stereocenters. The van der Waals surface area contributed by atoms with Crippen molar-refractivity contribution in [3.63, 3.8) is 0 Å². The summed E-state index contributed by atoms with van der Waals surface area (Å²) < 4.78 is 0. The van der Waals surface area contributed by atoms with Gasteiger partial charge in [0.1, 0.15) is 0 Å². The summed E-state index contributed by atoms with van der Waals surface area (Å²) in [6.07, 6.45) is 10.9. The number of nitrogens with zero attached hydrogens (tertiary/aromatic N) is 1. The summed E-state index contributed by atoms with van der Waals surface area (Å²) in [7, 11) is 0. The highest BCUT2D eigenvalue weighted by molar-refractivity contribution is 4.98. The van der Waals surface area contributed by atoms with Crippen LogP contribution >= 0.6 is 0 Å². The van der Waals surface area contributed by atoms with Crippen molar-refractivity contribution in [2.24, 2.45) is 17.8 Å². The quantitative estimate of drug-likeness (QED) is 0.592. The van der Waals surface area contributed by atoms with Crippen molar-refractivity contribution in [2.75, 3.05) is 0 Å². The average Bonchev–Trinajstić information content (AvgIpc) is 2.92. The molecule has 0 amide bonds. The summed E-state index contributed by atoms with van der Waals surface area (Å²) >= 11 is 0. The van der Waals surface area contributed by atoms with Crippen LogP contribution in [0.4, 0.5) is 0 Å². The van der Waals surface area contributed by atoms with E-state index in [1.54, 1.807) is 0 Å². The zero-order valence-corrected chi connectivity index (χ0v) is 8.34. The lowest BCUT2D eigenvalue weighted by molar-refractivity contribution is 0.328. The van der Waals surface area contributed by atoms with Gasteiger partial charge in [0, 0.05) is 0 Å². The minimum absolute atomic E-state index is 0.415. The highest BCUT2D eigenvalue weighted by Crippen LogP contribution is 2.43. The van der Waals surface area contributed by atoms with Crippen molar-refractivity contribution < 1.29 is 0 Å². The first-order chi connectivity index (χ1) is 6.42. The fraction of sp³-hybridized carbons (Fsp3) is 0.917. The normalized spacial score (nSPS) is 27.6. The van der Waals surface area contributed by atoms with E-state index in [1.807, 2.05) is 0 Å². The van der Waals surface area contributed by atoms with Gasteiger partial charge in [-0.1, -0.05) is 25.7 Å². The van der Waals surface area contributed by atoms with E-state index < -0.39 is 0 Å². The van der Waals surface area contributed by atoms with Crippen LogP contribution in [0.2, 0.25) is 0 Å². The molecule has 2 saturated carbocycles. The Morgan fingerprint density at radius 3 is 1.85 bits per heavy atom. The van der Waals surface area contributed by atoms with Crippen molar-refractivity contribution in [3.05, 3.63) is 0 Å². The van der Waals surface area contributed by atoms with E-state index in [0.717, 1.165) is 11.8 Å². The van der Waals surface area contributed by atoms with Gasteiger partial charge in [-0.2, -0.15) is 5.26 Å². The van der Waals surface area contributed by atoms with Gasteiger partial charge in [-0.15, -0.1) is 0 Å². The third kappa shape index (κ3) is 2.24. The fourth-order valence-corrected chi connectivity index (χ4v) is 2.72. The second-order valence-electron chi connectivity index (χ2n) is 4.74. The van der Waals surface area contributed by atoms with Crippen LogP contribution in [0.25, 0.3) is 0 Å². The molecule has 0 aromatic heterocycles. The van der Waals surface area contributed by atoms with E-state index in [2.05, 4.69) is 6.07 Å². The predicted octanol–water partition coefficient (Wildman–Crippen LogP) is 3.51. The molecular weight excluding hydrogens is 158 g/mol. The molecule has 0 radical (unpaired) electrons. The van der Waals surface area contributed by atoms with E-state index >= 15 is 0 Å². The van der Waals surface area contributed by atoms with Crippen LogP contribution in [-0.4, -0.2) is 0 Å². The first-order valence-corrected chi connectivity index (χ1v) is 5.81. The van der Waals surface area contributed by atoms with Gasteiger partial charge >= 0.3 is 0 Å². The summed E-state index contributed by atoms with van der Waals surface area (Å²) in [6.45, 7) is 0. The molecule has 1 unspecified atom stereocenters. The van der Waals surface area contributed by atoms with Crippen LogP contribution in [0.3, 0.4) is 0 Å². The smallest absolute Gasteiger partial charge is 0.0661 e. The zero-order valence-electron chi connectivity index (χ0n) is 8.34. The third-order valence-corrected chi connectivity index (χ3v) is 3.69. The molecule has 0 bridgehead atoms. The molecule has 72 valence electrons. The van der Waals surface area contributed by atoms with Crippen molar-refractivity contribution in [1.29, 1.82) is 5.26 Å². The van der Waals surface area contributed by atoms with Gasteiger partial charge in [-0.05, 0) is 37.5 Å². The van der Waals surface area contributed by atoms with Crippen LogP contribution < -0.4 is 0 Å². The number of nitriles is 1. The van der Waals surface area contributed by atoms with E-state index in [0.29, 0.717) is 5.92 Å². The van der Waals surface area contributed by atoms with Crippen molar-refractivity contribution in [3.8, 4) is 6.07 Å². The number of rotatable bonds is 2. The Labute approximate surface area is 81.1 Å². The summed E-state index contributed by atoms with van der Waals surface area (Å²) in [5.41, 5.74) is 0. The molecule has 13 heavy (non-hydrogen) atoms. The van der Waals surface area contributed by atoms with Gasteiger partial charge in [0.25, 0.3) is 0 Å². The molecule has 0 saturated heterocycles. The van der Waals surface area contributed by atoms with Gasteiger partial charge in [0.05, 0.1) is 12.0 Å². The van der Waals surface area contributed by atoms with Crippen molar-refractivity contribution >= 4 is 0 Å². The molecule has 1 nitrogen and oxygen atoms in total. The SMILES string of the molecule is N#CC(C1CCCCCC1)C1CC1. The minimum Gasteiger partial charge on any atom is -0.198 e. The maximum atomic E-state index is 9.13. The molecule has 0 spiro atoms. The molecule has 2 aliphatic carbocycles. The Hall–Kier alpha value is -0.510. The van der Waals surface area contributed by atoms with E-state index in [1.165, 1.54) is 51.4 Å². The van der Waals surface area contributed by atoms with Crippen LogP contribution in [0.5, 0.6) is 0 Å². The molecule has 2 rings (SSSR count). The number of hydrogen-bond donors (Lipinski definition) is 0. The van der Waals surface area contributed by atoms with Gasteiger partial charge in [-0.3, -0.25) is 0 Å². The first kappa shape index (κ1) is 9.06. The van der Waals surface area contributed by atoms with Gasteiger partial charge in [-0.25, -0.2) is 0 Å². The summed E-state index contributed by atoms with van der Waals surface area (Å²) in [6, 6.07) is 2.56. The lowest BCUT2D eigenvalue weighted by atomic mass is 9.84. The highest BCUT2D eigenvalue weighted by atomic mass is 14.4. The van der Waals surface area contributed by atoms with E-state index in [4.69, 9.17) is 5.26 Å². The topological polar surface area (TPSA) is 23.8 Å². The monoisotopic (exact) mass is 177 g/mol. The Balaban J connectivity index is 1.91. The molecule has 0 aromatic rings. The summed E-state index contributed by atoms with van der Waals surface area (Å²) in [5, 5.41) is 9.13. The van der Waals surface area contributed by atoms with Crippen LogP contribution in [0.15, 0.2) is 0 Å². The lowest BCUT2D eigenvalue weighted by Crippen LogP contribution is -2.14. The molecule has 2 fully saturated rings. The molecule has 1 heteroatoms. The maximum Gasteiger partial charge on any atom is 0.0661 e. The Morgan fingerprint density at radius 2 is 1.38 bits per heavy atom. The van der Waals surface area contributed by atoms with Gasteiger partial charge < -0.3 is 0 Å². The molecule has 0 aliphatic heterocycles. The van der Waals surface area contributed by atoms with Crippen molar-refractivity contribution in [2.45, 2.75) is 51.4 Å². The van der Waals surface area contributed by atoms with E-state index in [9.17, 15) is 0 Å². The van der Waals surface area contributed by atoms with Crippen LogP contribution in [0.1, 0.15) is 51.4 Å². The predicted molar refractivity (Wildman–Crippen MR) is 53.0 cm³/mol. The molecular formula is C12H19N. The molecule has 0 aromatic carbocycles. The zero-order chi connectivity index (χ0) is 9.10. The van der Waals surface area contributed by atoms with Crippen LogP contribution in [-0.2, 0) is 0 Å². The molecule has 2 aliphatic rings.